The van der Waals surface area contributed by atoms with Gasteiger partial charge in [-0.3, -0.25) is 0 Å². The van der Waals surface area contributed by atoms with Crippen molar-refractivity contribution < 1.29 is 9.47 Å². The number of benzene rings is 1. The fourth-order valence-electron chi connectivity index (χ4n) is 3.24. The van der Waals surface area contributed by atoms with Gasteiger partial charge in [-0.25, -0.2) is 9.97 Å². The van der Waals surface area contributed by atoms with Gasteiger partial charge in [-0.2, -0.15) is 5.26 Å². The second-order valence-electron chi connectivity index (χ2n) is 6.01. The average Bonchev–Trinajstić information content (AvgIpc) is 2.90. The van der Waals surface area contributed by atoms with Crippen molar-refractivity contribution in [3.8, 4) is 17.6 Å². The summed E-state index contributed by atoms with van der Waals surface area (Å²) < 4.78 is 10.8. The van der Waals surface area contributed by atoms with Crippen molar-refractivity contribution in [2.24, 2.45) is 0 Å². The van der Waals surface area contributed by atoms with Gasteiger partial charge in [0.05, 0.1) is 25.8 Å². The highest BCUT2D eigenvalue weighted by molar-refractivity contribution is 5.92. The van der Waals surface area contributed by atoms with E-state index in [4.69, 9.17) is 14.7 Å². The fourth-order valence-corrected chi connectivity index (χ4v) is 3.24. The molecule has 7 heteroatoms. The summed E-state index contributed by atoms with van der Waals surface area (Å²) in [6, 6.07) is 6.06. The fraction of sp³-hybridized carbons (Fsp3) is 0.500. The van der Waals surface area contributed by atoms with Gasteiger partial charge in [-0.1, -0.05) is 0 Å². The van der Waals surface area contributed by atoms with E-state index in [2.05, 4.69) is 25.8 Å². The van der Waals surface area contributed by atoms with Crippen LogP contribution in [0, 0.1) is 11.3 Å². The molecule has 0 saturated carbocycles. The Morgan fingerprint density at radius 3 is 2.64 bits per heavy atom. The predicted octanol–water partition coefficient (Wildman–Crippen LogP) is 2.07. The van der Waals surface area contributed by atoms with E-state index in [-0.39, 0.29) is 0 Å². The van der Waals surface area contributed by atoms with Crippen LogP contribution in [0.2, 0.25) is 0 Å². The maximum atomic E-state index is 8.78. The van der Waals surface area contributed by atoms with Crippen LogP contribution in [0.1, 0.15) is 12.8 Å². The molecular formula is C18H23N5O2. The van der Waals surface area contributed by atoms with E-state index in [1.54, 1.807) is 20.5 Å². The summed E-state index contributed by atoms with van der Waals surface area (Å²) in [6.07, 6.45) is 3.22. The van der Waals surface area contributed by atoms with E-state index in [0.717, 1.165) is 55.9 Å². The van der Waals surface area contributed by atoms with E-state index < -0.39 is 0 Å². The monoisotopic (exact) mass is 341 g/mol. The van der Waals surface area contributed by atoms with E-state index in [1.807, 2.05) is 12.1 Å². The first-order valence-corrected chi connectivity index (χ1v) is 8.47. The molecule has 1 aromatic carbocycles. The number of fused-ring (bicyclic) bond motifs is 1. The van der Waals surface area contributed by atoms with Crippen molar-refractivity contribution >= 4 is 16.7 Å². The molecule has 1 aliphatic heterocycles. The highest BCUT2D eigenvalue weighted by Gasteiger charge is 2.19. The Hall–Kier alpha value is -2.59. The molecule has 25 heavy (non-hydrogen) atoms. The minimum atomic E-state index is 0.577. The number of nitrogens with zero attached hydrogens (tertiary/aromatic N) is 5. The molecule has 0 N–H and O–H groups in total. The summed E-state index contributed by atoms with van der Waals surface area (Å²) in [5, 5.41) is 9.75. The highest BCUT2D eigenvalue weighted by atomic mass is 16.5. The number of ether oxygens (including phenoxy) is 2. The molecular weight excluding hydrogens is 318 g/mol. The molecule has 0 atom stereocenters. The Labute approximate surface area is 147 Å². The van der Waals surface area contributed by atoms with Crippen LogP contribution in [0.4, 0.5) is 5.82 Å². The second kappa shape index (κ2) is 7.99. The van der Waals surface area contributed by atoms with Crippen molar-refractivity contribution in [3.63, 3.8) is 0 Å². The third kappa shape index (κ3) is 3.74. The molecule has 0 unspecified atom stereocenters. The third-order valence-electron chi connectivity index (χ3n) is 4.55. The standard InChI is InChI=1S/C18H23N5O2/c1-24-16-11-14-15(12-17(16)25-2)20-13-21-18(14)23-8-4-7-22(9-10-23)6-3-5-19/h11-13H,3-4,6-10H2,1-2H3. The lowest BCUT2D eigenvalue weighted by atomic mass is 10.2. The summed E-state index contributed by atoms with van der Waals surface area (Å²) in [5.74, 6) is 2.27. The van der Waals surface area contributed by atoms with E-state index >= 15 is 0 Å². The summed E-state index contributed by atoms with van der Waals surface area (Å²) in [7, 11) is 3.25. The Bertz CT molecular complexity index is 774. The van der Waals surface area contributed by atoms with Crippen LogP contribution >= 0.6 is 0 Å². The summed E-state index contributed by atoms with van der Waals surface area (Å²) in [6.45, 7) is 4.59. The molecule has 0 bridgehead atoms. The van der Waals surface area contributed by atoms with Gasteiger partial charge in [0.1, 0.15) is 12.1 Å². The number of nitriles is 1. The van der Waals surface area contributed by atoms with E-state index in [9.17, 15) is 0 Å². The lowest BCUT2D eigenvalue weighted by Crippen LogP contribution is -2.31. The number of hydrogen-bond acceptors (Lipinski definition) is 7. The molecule has 0 radical (unpaired) electrons. The number of anilines is 1. The van der Waals surface area contributed by atoms with Gasteiger partial charge in [0, 0.05) is 44.1 Å². The van der Waals surface area contributed by atoms with Crippen LogP contribution in [0.3, 0.4) is 0 Å². The van der Waals surface area contributed by atoms with E-state index in [0.29, 0.717) is 17.9 Å². The molecule has 2 aromatic rings. The molecule has 0 amide bonds. The zero-order valence-electron chi connectivity index (χ0n) is 14.7. The minimum absolute atomic E-state index is 0.577. The first-order valence-electron chi connectivity index (χ1n) is 8.47. The van der Waals surface area contributed by atoms with Crippen LogP contribution in [-0.2, 0) is 0 Å². The zero-order valence-corrected chi connectivity index (χ0v) is 14.7. The lowest BCUT2D eigenvalue weighted by molar-refractivity contribution is 0.300. The summed E-state index contributed by atoms with van der Waals surface area (Å²) in [4.78, 5) is 13.6. The smallest absolute Gasteiger partial charge is 0.162 e. The number of aromatic nitrogens is 2. The molecule has 1 aromatic heterocycles. The highest BCUT2D eigenvalue weighted by Crippen LogP contribution is 2.34. The molecule has 1 saturated heterocycles. The van der Waals surface area contributed by atoms with Gasteiger partial charge in [0.25, 0.3) is 0 Å². The molecule has 132 valence electrons. The SMILES string of the molecule is COc1cc2ncnc(N3CCCN(CCC#N)CC3)c2cc1OC. The number of rotatable bonds is 5. The van der Waals surface area contributed by atoms with Gasteiger partial charge in [-0.15, -0.1) is 0 Å². The predicted molar refractivity (Wildman–Crippen MR) is 96.1 cm³/mol. The van der Waals surface area contributed by atoms with Crippen molar-refractivity contribution in [3.05, 3.63) is 18.5 Å². The maximum Gasteiger partial charge on any atom is 0.162 e. The molecule has 3 rings (SSSR count). The summed E-state index contributed by atoms with van der Waals surface area (Å²) in [5.41, 5.74) is 0.841. The van der Waals surface area contributed by atoms with Crippen LogP contribution < -0.4 is 14.4 Å². The zero-order chi connectivity index (χ0) is 17.6. The van der Waals surface area contributed by atoms with Crippen molar-refractivity contribution in [2.45, 2.75) is 12.8 Å². The molecule has 1 aliphatic rings. The van der Waals surface area contributed by atoms with Crippen LogP contribution in [0.15, 0.2) is 18.5 Å². The lowest BCUT2D eigenvalue weighted by Gasteiger charge is -2.23. The third-order valence-corrected chi connectivity index (χ3v) is 4.55. The minimum Gasteiger partial charge on any atom is -0.493 e. The largest absolute Gasteiger partial charge is 0.493 e. The normalized spacial score (nSPS) is 15.6. The Kier molecular flexibility index (Phi) is 5.51. The van der Waals surface area contributed by atoms with Gasteiger partial charge < -0.3 is 19.3 Å². The Morgan fingerprint density at radius 2 is 1.88 bits per heavy atom. The van der Waals surface area contributed by atoms with Crippen LogP contribution in [0.25, 0.3) is 10.9 Å². The summed E-state index contributed by atoms with van der Waals surface area (Å²) >= 11 is 0. The average molecular weight is 341 g/mol. The number of methoxy groups -OCH3 is 2. The quantitative estimate of drug-likeness (QED) is 0.824. The van der Waals surface area contributed by atoms with Crippen LogP contribution in [-0.4, -0.2) is 61.8 Å². The van der Waals surface area contributed by atoms with Crippen molar-refractivity contribution in [1.82, 2.24) is 14.9 Å². The topological polar surface area (TPSA) is 74.5 Å². The molecule has 7 nitrogen and oxygen atoms in total. The van der Waals surface area contributed by atoms with Crippen molar-refractivity contribution in [1.29, 1.82) is 5.26 Å². The Morgan fingerprint density at radius 1 is 1.08 bits per heavy atom. The molecule has 0 spiro atoms. The van der Waals surface area contributed by atoms with Gasteiger partial charge in [0.2, 0.25) is 0 Å². The van der Waals surface area contributed by atoms with Gasteiger partial charge in [-0.05, 0) is 19.0 Å². The first-order chi connectivity index (χ1) is 12.3. The second-order valence-corrected chi connectivity index (χ2v) is 6.01. The number of hydrogen-bond donors (Lipinski definition) is 0. The van der Waals surface area contributed by atoms with Gasteiger partial charge >= 0.3 is 0 Å². The van der Waals surface area contributed by atoms with E-state index in [1.165, 1.54) is 0 Å². The molecule has 0 aliphatic carbocycles. The van der Waals surface area contributed by atoms with Crippen molar-refractivity contribution in [2.75, 3.05) is 51.8 Å². The molecule has 1 fully saturated rings. The maximum absolute atomic E-state index is 8.78. The Balaban J connectivity index is 1.89. The van der Waals surface area contributed by atoms with Gasteiger partial charge in [0.15, 0.2) is 11.5 Å². The first kappa shape index (κ1) is 17.2. The molecule has 2 heterocycles. The van der Waals surface area contributed by atoms with Crippen LogP contribution in [0.5, 0.6) is 11.5 Å².